The van der Waals surface area contributed by atoms with Crippen molar-refractivity contribution in [3.05, 3.63) is 48.6 Å². The molecule has 0 aromatic carbocycles. The van der Waals surface area contributed by atoms with Crippen LogP contribution in [0.3, 0.4) is 0 Å². The monoisotopic (exact) mass is 869 g/mol. The highest BCUT2D eigenvalue weighted by Gasteiger charge is 2.17. The maximum atomic E-state index is 12.8. The highest BCUT2D eigenvalue weighted by Crippen LogP contribution is 2.15. The molecule has 5 heteroatoms. The third-order valence-corrected chi connectivity index (χ3v) is 11.8. The Bertz CT molecular complexity index is 1030. The summed E-state index contributed by atoms with van der Waals surface area (Å²) in [6.07, 6.45) is 65.5. The molecule has 5 nitrogen and oxygen atoms in total. The summed E-state index contributed by atoms with van der Waals surface area (Å²) >= 11 is 0. The van der Waals surface area contributed by atoms with Gasteiger partial charge in [0, 0.05) is 19.4 Å². The number of hydrogen-bond donors (Lipinski definition) is 0. The van der Waals surface area contributed by atoms with E-state index in [1.807, 2.05) is 0 Å². The minimum Gasteiger partial charge on any atom is -0.462 e. The summed E-state index contributed by atoms with van der Waals surface area (Å²) in [6.45, 7) is 7.76. The van der Waals surface area contributed by atoms with Crippen LogP contribution in [0.4, 0.5) is 0 Å². The molecule has 0 saturated heterocycles. The van der Waals surface area contributed by atoms with Crippen LogP contribution in [-0.4, -0.2) is 37.9 Å². The van der Waals surface area contributed by atoms with Crippen LogP contribution in [0.25, 0.3) is 0 Å². The van der Waals surface area contributed by atoms with E-state index in [4.69, 9.17) is 14.2 Å². The van der Waals surface area contributed by atoms with Gasteiger partial charge >= 0.3 is 11.9 Å². The number of rotatable bonds is 50. The zero-order valence-electron chi connectivity index (χ0n) is 41.6. The molecule has 0 aliphatic heterocycles. The Morgan fingerprint density at radius 3 is 1.16 bits per heavy atom. The highest BCUT2D eigenvalue weighted by molar-refractivity contribution is 5.70. The minimum atomic E-state index is -0.544. The predicted octanol–water partition coefficient (Wildman–Crippen LogP) is 18.3. The van der Waals surface area contributed by atoms with Gasteiger partial charge in [-0.05, 0) is 77.0 Å². The van der Waals surface area contributed by atoms with E-state index in [1.54, 1.807) is 0 Å². The Morgan fingerprint density at radius 2 is 0.710 bits per heavy atom. The third kappa shape index (κ3) is 50.5. The van der Waals surface area contributed by atoms with Crippen molar-refractivity contribution >= 4 is 11.9 Å². The first-order valence-corrected chi connectivity index (χ1v) is 27.2. The van der Waals surface area contributed by atoms with Crippen molar-refractivity contribution < 1.29 is 23.8 Å². The second kappa shape index (κ2) is 53.2. The van der Waals surface area contributed by atoms with Gasteiger partial charge in [-0.2, -0.15) is 0 Å². The zero-order valence-corrected chi connectivity index (χ0v) is 41.6. The fraction of sp³-hybridized carbons (Fsp3) is 0.825. The van der Waals surface area contributed by atoms with Crippen molar-refractivity contribution in [3.63, 3.8) is 0 Å². The van der Waals surface area contributed by atoms with Crippen LogP contribution in [0.2, 0.25) is 0 Å². The Morgan fingerprint density at radius 1 is 0.355 bits per heavy atom. The lowest BCUT2D eigenvalue weighted by Crippen LogP contribution is -2.30. The van der Waals surface area contributed by atoms with Crippen molar-refractivity contribution in [1.82, 2.24) is 0 Å². The van der Waals surface area contributed by atoms with E-state index < -0.39 is 6.10 Å². The third-order valence-electron chi connectivity index (χ3n) is 11.8. The van der Waals surface area contributed by atoms with Gasteiger partial charge < -0.3 is 14.2 Å². The molecule has 0 aliphatic carbocycles. The van der Waals surface area contributed by atoms with Crippen LogP contribution in [0.5, 0.6) is 0 Å². The molecule has 0 radical (unpaired) electrons. The molecule has 0 saturated carbocycles. The van der Waals surface area contributed by atoms with E-state index in [9.17, 15) is 9.59 Å². The first kappa shape index (κ1) is 59.9. The van der Waals surface area contributed by atoms with E-state index in [0.717, 1.165) is 64.2 Å². The maximum Gasteiger partial charge on any atom is 0.306 e. The number of ether oxygens (including phenoxy) is 3. The number of hydrogen-bond acceptors (Lipinski definition) is 5. The van der Waals surface area contributed by atoms with E-state index in [0.29, 0.717) is 19.4 Å². The Kier molecular flexibility index (Phi) is 51.4. The summed E-state index contributed by atoms with van der Waals surface area (Å²) in [5.74, 6) is -0.410. The number of carbonyl (C=O) groups is 2. The van der Waals surface area contributed by atoms with Crippen LogP contribution in [0, 0.1) is 0 Å². The second-order valence-electron chi connectivity index (χ2n) is 18.1. The van der Waals surface area contributed by atoms with E-state index in [-0.39, 0.29) is 25.2 Å². The summed E-state index contributed by atoms with van der Waals surface area (Å²) in [4.78, 5) is 25.4. The maximum absolute atomic E-state index is 12.8. The molecule has 0 aromatic heterocycles. The SMILES string of the molecule is CCC/C=C\C/C=C\CCCCCCCC(=O)OC(COCCCCCCCCCCCCCCCCCC)COC(=O)CCCCCCCCC/C=C\C/C=C\CCCCC. The molecule has 0 heterocycles. The lowest BCUT2D eigenvalue weighted by molar-refractivity contribution is -0.163. The molecule has 0 fully saturated rings. The summed E-state index contributed by atoms with van der Waals surface area (Å²) < 4.78 is 17.4. The Labute approximate surface area is 386 Å². The molecule has 0 bridgehead atoms. The molecule has 1 unspecified atom stereocenters. The molecule has 1 atom stereocenters. The molecule has 362 valence electrons. The topological polar surface area (TPSA) is 61.8 Å². The minimum absolute atomic E-state index is 0.0785. The Hall–Kier alpha value is -2.14. The van der Waals surface area contributed by atoms with Gasteiger partial charge in [0.1, 0.15) is 6.61 Å². The largest absolute Gasteiger partial charge is 0.462 e. The van der Waals surface area contributed by atoms with Gasteiger partial charge in [0.05, 0.1) is 6.61 Å². The standard InChI is InChI=1S/C57H104O5/c1-4-7-10-13-16-19-22-25-27-29-30-33-35-38-41-44-47-50-56(58)61-54-55(62-57(59)51-48-45-42-39-36-32-24-21-18-15-12-9-6-3)53-60-52-49-46-43-40-37-34-31-28-26-23-20-17-14-11-8-5-2/h12,15-16,19,21,24-25,27,55H,4-11,13-14,17-18,20,22-23,26,28-54H2,1-3H3/b15-12-,19-16-,24-21-,27-25-. The molecule has 0 N–H and O–H groups in total. The predicted molar refractivity (Wildman–Crippen MR) is 270 cm³/mol. The van der Waals surface area contributed by atoms with Crippen molar-refractivity contribution in [2.75, 3.05) is 19.8 Å². The first-order chi connectivity index (χ1) is 30.6. The van der Waals surface area contributed by atoms with Gasteiger partial charge in [-0.15, -0.1) is 0 Å². The van der Waals surface area contributed by atoms with Gasteiger partial charge in [0.15, 0.2) is 6.10 Å². The molecular weight excluding hydrogens is 765 g/mol. The average Bonchev–Trinajstić information content (AvgIpc) is 3.27. The number of allylic oxidation sites excluding steroid dienone is 8. The smallest absolute Gasteiger partial charge is 0.306 e. The van der Waals surface area contributed by atoms with Gasteiger partial charge in [0.25, 0.3) is 0 Å². The fourth-order valence-electron chi connectivity index (χ4n) is 7.76. The second-order valence-corrected chi connectivity index (χ2v) is 18.1. The van der Waals surface area contributed by atoms with Crippen LogP contribution in [-0.2, 0) is 23.8 Å². The van der Waals surface area contributed by atoms with Crippen LogP contribution in [0.1, 0.15) is 278 Å². The van der Waals surface area contributed by atoms with Crippen LogP contribution >= 0.6 is 0 Å². The lowest BCUT2D eigenvalue weighted by Gasteiger charge is -2.18. The summed E-state index contributed by atoms with van der Waals surface area (Å²) in [7, 11) is 0. The molecule has 0 amide bonds. The molecule has 0 aliphatic rings. The lowest BCUT2D eigenvalue weighted by atomic mass is 10.0. The van der Waals surface area contributed by atoms with Gasteiger partial charge in [-0.25, -0.2) is 0 Å². The van der Waals surface area contributed by atoms with Crippen molar-refractivity contribution in [1.29, 1.82) is 0 Å². The molecule has 0 rings (SSSR count). The fourth-order valence-corrected chi connectivity index (χ4v) is 7.76. The molecule has 62 heavy (non-hydrogen) atoms. The van der Waals surface area contributed by atoms with Crippen LogP contribution in [0.15, 0.2) is 48.6 Å². The number of carbonyl (C=O) groups excluding carboxylic acids is 2. The van der Waals surface area contributed by atoms with Gasteiger partial charge in [0.2, 0.25) is 0 Å². The van der Waals surface area contributed by atoms with Gasteiger partial charge in [-0.1, -0.05) is 236 Å². The normalized spacial score (nSPS) is 12.5. The quantitative estimate of drug-likeness (QED) is 0.0346. The highest BCUT2D eigenvalue weighted by atomic mass is 16.6. The molecule has 0 aromatic rings. The van der Waals surface area contributed by atoms with E-state index >= 15 is 0 Å². The van der Waals surface area contributed by atoms with E-state index in [2.05, 4.69) is 69.4 Å². The molecule has 0 spiro atoms. The van der Waals surface area contributed by atoms with Crippen molar-refractivity contribution in [3.8, 4) is 0 Å². The van der Waals surface area contributed by atoms with Gasteiger partial charge in [-0.3, -0.25) is 9.59 Å². The van der Waals surface area contributed by atoms with Crippen LogP contribution < -0.4 is 0 Å². The van der Waals surface area contributed by atoms with Crippen molar-refractivity contribution in [2.45, 2.75) is 284 Å². The average molecular weight is 869 g/mol. The summed E-state index contributed by atoms with van der Waals surface area (Å²) in [6, 6.07) is 0. The molecular formula is C57H104O5. The number of esters is 2. The van der Waals surface area contributed by atoms with E-state index in [1.165, 1.54) is 180 Å². The van der Waals surface area contributed by atoms with Crippen molar-refractivity contribution in [2.24, 2.45) is 0 Å². The zero-order chi connectivity index (χ0) is 44.9. The first-order valence-electron chi connectivity index (χ1n) is 27.2. The Balaban J connectivity index is 4.25. The summed E-state index contributed by atoms with van der Waals surface area (Å²) in [5.41, 5.74) is 0. The summed E-state index contributed by atoms with van der Waals surface area (Å²) in [5, 5.41) is 0. The number of unbranched alkanes of at least 4 members (excludes halogenated alkanes) is 31.